The van der Waals surface area contributed by atoms with E-state index in [1.807, 2.05) is 17.9 Å². The normalized spacial score (nSPS) is 24.4. The van der Waals surface area contributed by atoms with E-state index in [4.69, 9.17) is 0 Å². The molecule has 2 fully saturated rings. The summed E-state index contributed by atoms with van der Waals surface area (Å²) in [6.45, 7) is 4.50. The molecule has 1 aromatic carbocycles. The second-order valence-corrected chi connectivity index (χ2v) is 9.39. The van der Waals surface area contributed by atoms with Gasteiger partial charge in [0.25, 0.3) is 0 Å². The lowest BCUT2D eigenvalue weighted by Crippen LogP contribution is -2.55. The Balaban J connectivity index is 1.57. The molecule has 2 aliphatic rings. The van der Waals surface area contributed by atoms with Crippen LogP contribution in [0.15, 0.2) is 24.3 Å². The van der Waals surface area contributed by atoms with Crippen molar-refractivity contribution in [2.75, 3.05) is 49.6 Å². The van der Waals surface area contributed by atoms with Crippen LogP contribution in [0.1, 0.15) is 13.3 Å². The van der Waals surface area contributed by atoms with Gasteiger partial charge in [0, 0.05) is 39.3 Å². The SMILES string of the molecule is C[C@@H](C(=O)N(C)[C@@H]1CCS(=O)(=O)C1)N1CCN(c2ccccc2F)CC1. The highest BCUT2D eigenvalue weighted by Gasteiger charge is 2.36. The van der Waals surface area contributed by atoms with E-state index in [1.54, 1.807) is 24.1 Å². The molecule has 0 aromatic heterocycles. The zero-order valence-corrected chi connectivity index (χ0v) is 16.1. The molecule has 2 atom stereocenters. The molecule has 0 aliphatic carbocycles. The zero-order chi connectivity index (χ0) is 18.9. The van der Waals surface area contributed by atoms with Gasteiger partial charge >= 0.3 is 0 Å². The summed E-state index contributed by atoms with van der Waals surface area (Å²) in [5, 5.41) is 0. The molecule has 0 bridgehead atoms. The van der Waals surface area contributed by atoms with Gasteiger partial charge in [-0.3, -0.25) is 9.69 Å². The highest BCUT2D eigenvalue weighted by Crippen LogP contribution is 2.22. The second kappa shape index (κ2) is 7.52. The number of hydrogen-bond donors (Lipinski definition) is 0. The van der Waals surface area contributed by atoms with Crippen molar-refractivity contribution >= 4 is 21.4 Å². The average molecular weight is 383 g/mol. The van der Waals surface area contributed by atoms with Crippen LogP contribution < -0.4 is 4.90 Å². The summed E-state index contributed by atoms with van der Waals surface area (Å²) in [5.41, 5.74) is 0.597. The van der Waals surface area contributed by atoms with E-state index in [1.165, 1.54) is 6.07 Å². The van der Waals surface area contributed by atoms with Gasteiger partial charge < -0.3 is 9.80 Å². The monoisotopic (exact) mass is 383 g/mol. The van der Waals surface area contributed by atoms with Gasteiger partial charge in [0.1, 0.15) is 5.82 Å². The number of likely N-dealkylation sites (N-methyl/N-ethyl adjacent to an activating group) is 1. The number of carbonyl (C=O) groups excluding carboxylic acids is 1. The molecular weight excluding hydrogens is 357 g/mol. The van der Waals surface area contributed by atoms with Gasteiger partial charge in [-0.15, -0.1) is 0 Å². The highest BCUT2D eigenvalue weighted by molar-refractivity contribution is 7.91. The first-order valence-electron chi connectivity index (χ1n) is 8.99. The number of piperazine rings is 1. The van der Waals surface area contributed by atoms with E-state index in [2.05, 4.69) is 4.90 Å². The molecule has 2 aliphatic heterocycles. The van der Waals surface area contributed by atoms with E-state index < -0.39 is 9.84 Å². The van der Waals surface area contributed by atoms with Crippen LogP contribution in [-0.2, 0) is 14.6 Å². The zero-order valence-electron chi connectivity index (χ0n) is 15.3. The molecule has 3 rings (SSSR count). The number of benzene rings is 1. The predicted octanol–water partition coefficient (Wildman–Crippen LogP) is 0.982. The first-order chi connectivity index (χ1) is 12.3. The van der Waals surface area contributed by atoms with E-state index in [0.29, 0.717) is 38.3 Å². The largest absolute Gasteiger partial charge is 0.367 e. The van der Waals surface area contributed by atoms with E-state index >= 15 is 0 Å². The summed E-state index contributed by atoms with van der Waals surface area (Å²) in [4.78, 5) is 18.4. The molecule has 0 saturated carbocycles. The van der Waals surface area contributed by atoms with Gasteiger partial charge in [-0.05, 0) is 25.5 Å². The van der Waals surface area contributed by atoms with Crippen LogP contribution in [0.25, 0.3) is 0 Å². The van der Waals surface area contributed by atoms with Gasteiger partial charge in [-0.1, -0.05) is 12.1 Å². The molecule has 2 heterocycles. The average Bonchev–Trinajstić information content (AvgIpc) is 3.00. The first kappa shape index (κ1) is 19.1. The Hall–Kier alpha value is -1.67. The van der Waals surface area contributed by atoms with Gasteiger partial charge in [0.2, 0.25) is 5.91 Å². The van der Waals surface area contributed by atoms with E-state index in [9.17, 15) is 17.6 Å². The van der Waals surface area contributed by atoms with Crippen molar-refractivity contribution in [2.45, 2.75) is 25.4 Å². The standard InChI is InChI=1S/C18H26FN3O3S/c1-14(18(23)20(2)15-7-12-26(24,25)13-15)21-8-10-22(11-9-21)17-6-4-3-5-16(17)19/h3-6,14-15H,7-13H2,1-2H3/t14-,15+/m0/s1. The lowest BCUT2D eigenvalue weighted by molar-refractivity contribution is -0.136. The maximum absolute atomic E-state index is 13.9. The van der Waals surface area contributed by atoms with Crippen molar-refractivity contribution in [3.05, 3.63) is 30.1 Å². The minimum Gasteiger partial charge on any atom is -0.367 e. The fourth-order valence-electron chi connectivity index (χ4n) is 3.77. The molecule has 26 heavy (non-hydrogen) atoms. The summed E-state index contributed by atoms with van der Waals surface area (Å²) >= 11 is 0. The molecule has 0 radical (unpaired) electrons. The maximum atomic E-state index is 13.9. The van der Waals surface area contributed by atoms with E-state index in [-0.39, 0.29) is 35.3 Å². The number of anilines is 1. The van der Waals surface area contributed by atoms with Crippen LogP contribution in [0.5, 0.6) is 0 Å². The van der Waals surface area contributed by atoms with Crippen molar-refractivity contribution in [2.24, 2.45) is 0 Å². The molecule has 2 saturated heterocycles. The Morgan fingerprint density at radius 1 is 1.23 bits per heavy atom. The summed E-state index contributed by atoms with van der Waals surface area (Å²) in [6, 6.07) is 6.18. The van der Waals surface area contributed by atoms with Crippen molar-refractivity contribution in [3.63, 3.8) is 0 Å². The van der Waals surface area contributed by atoms with Gasteiger partial charge in [0.05, 0.1) is 23.2 Å². The summed E-state index contributed by atoms with van der Waals surface area (Å²) in [7, 11) is -1.32. The maximum Gasteiger partial charge on any atom is 0.239 e. The quantitative estimate of drug-likeness (QED) is 0.776. The number of rotatable bonds is 4. The van der Waals surface area contributed by atoms with Gasteiger partial charge in [-0.25, -0.2) is 12.8 Å². The third kappa shape index (κ3) is 4.01. The highest BCUT2D eigenvalue weighted by atomic mass is 32.2. The van der Waals surface area contributed by atoms with Crippen molar-refractivity contribution in [3.8, 4) is 0 Å². The van der Waals surface area contributed by atoms with Crippen LogP contribution in [0, 0.1) is 5.82 Å². The number of nitrogens with zero attached hydrogens (tertiary/aromatic N) is 3. The molecule has 8 heteroatoms. The van der Waals surface area contributed by atoms with Crippen LogP contribution in [0.3, 0.4) is 0 Å². The molecule has 0 unspecified atom stereocenters. The number of hydrogen-bond acceptors (Lipinski definition) is 5. The fourth-order valence-corrected chi connectivity index (χ4v) is 5.54. The van der Waals surface area contributed by atoms with Crippen LogP contribution in [0.4, 0.5) is 10.1 Å². The Morgan fingerprint density at radius 2 is 1.88 bits per heavy atom. The number of carbonyl (C=O) groups is 1. The lowest BCUT2D eigenvalue weighted by atomic mass is 10.1. The molecule has 144 valence electrons. The summed E-state index contributed by atoms with van der Waals surface area (Å²) in [6.07, 6.45) is 0.512. The Bertz CT molecular complexity index is 763. The number of amides is 1. The van der Waals surface area contributed by atoms with Gasteiger partial charge in [0.15, 0.2) is 9.84 Å². The Kier molecular flexibility index (Phi) is 5.53. The Labute approximate surface area is 154 Å². The van der Waals surface area contributed by atoms with E-state index in [0.717, 1.165) is 0 Å². The Morgan fingerprint density at radius 3 is 2.46 bits per heavy atom. The smallest absolute Gasteiger partial charge is 0.239 e. The minimum atomic E-state index is -3.02. The molecule has 1 amide bonds. The second-order valence-electron chi connectivity index (χ2n) is 7.16. The van der Waals surface area contributed by atoms with Crippen LogP contribution in [0.2, 0.25) is 0 Å². The van der Waals surface area contributed by atoms with Crippen LogP contribution >= 0.6 is 0 Å². The van der Waals surface area contributed by atoms with Crippen LogP contribution in [-0.4, -0.2) is 80.9 Å². The predicted molar refractivity (Wildman–Crippen MR) is 99.5 cm³/mol. The van der Waals surface area contributed by atoms with Gasteiger partial charge in [-0.2, -0.15) is 0 Å². The molecule has 0 spiro atoms. The minimum absolute atomic E-state index is 0.0496. The third-order valence-electron chi connectivity index (χ3n) is 5.52. The first-order valence-corrected chi connectivity index (χ1v) is 10.8. The lowest BCUT2D eigenvalue weighted by Gasteiger charge is -2.40. The molecule has 1 aromatic rings. The molecular formula is C18H26FN3O3S. The topological polar surface area (TPSA) is 60.9 Å². The number of para-hydroxylation sites is 1. The van der Waals surface area contributed by atoms with Crippen molar-refractivity contribution < 1.29 is 17.6 Å². The molecule has 6 nitrogen and oxygen atoms in total. The number of sulfone groups is 1. The third-order valence-corrected chi connectivity index (χ3v) is 7.27. The van der Waals surface area contributed by atoms with Crippen molar-refractivity contribution in [1.82, 2.24) is 9.80 Å². The fraction of sp³-hybridized carbons (Fsp3) is 0.611. The molecule has 0 N–H and O–H groups in total. The summed E-state index contributed by atoms with van der Waals surface area (Å²) in [5.74, 6) is -0.0627. The summed E-state index contributed by atoms with van der Waals surface area (Å²) < 4.78 is 37.2. The number of halogens is 1. The van der Waals surface area contributed by atoms with Crippen molar-refractivity contribution in [1.29, 1.82) is 0 Å².